The Labute approximate surface area is 79.9 Å². The fourth-order valence-corrected chi connectivity index (χ4v) is 2.15. The summed E-state index contributed by atoms with van der Waals surface area (Å²) in [6.45, 7) is 0. The predicted molar refractivity (Wildman–Crippen MR) is 46.0 cm³/mol. The first-order chi connectivity index (χ1) is 6.68. The van der Waals surface area contributed by atoms with Gasteiger partial charge in [-0.3, -0.25) is 5.10 Å². The Morgan fingerprint density at radius 3 is 2.93 bits per heavy atom. The van der Waals surface area contributed by atoms with Gasteiger partial charge in [0.1, 0.15) is 6.26 Å². The summed E-state index contributed by atoms with van der Waals surface area (Å²) in [6.07, 6.45) is 5.48. The molecule has 0 unspecified atom stereocenters. The number of aromatic amines is 1. The van der Waals surface area contributed by atoms with E-state index in [9.17, 15) is 8.42 Å². The van der Waals surface area contributed by atoms with Crippen LogP contribution in [0.2, 0.25) is 0 Å². The Kier molecular flexibility index (Phi) is 2.08. The fraction of sp³-hybridized carbons (Fsp3) is 0.143. The molecule has 0 amide bonds. The van der Waals surface area contributed by atoms with Gasteiger partial charge in [0, 0.05) is 11.8 Å². The van der Waals surface area contributed by atoms with E-state index in [1.807, 2.05) is 0 Å². The van der Waals surface area contributed by atoms with Gasteiger partial charge in [-0.05, 0) is 0 Å². The van der Waals surface area contributed by atoms with Gasteiger partial charge in [0.15, 0.2) is 0 Å². The van der Waals surface area contributed by atoms with Gasteiger partial charge in [-0.25, -0.2) is 13.4 Å². The van der Waals surface area contributed by atoms with Gasteiger partial charge in [-0.15, -0.1) is 0 Å². The van der Waals surface area contributed by atoms with Crippen LogP contribution < -0.4 is 0 Å². The van der Waals surface area contributed by atoms with E-state index in [1.165, 1.54) is 24.9 Å². The zero-order valence-corrected chi connectivity index (χ0v) is 7.86. The van der Waals surface area contributed by atoms with Crippen LogP contribution in [0.4, 0.5) is 0 Å². The third kappa shape index (κ3) is 1.67. The van der Waals surface area contributed by atoms with Gasteiger partial charge >= 0.3 is 5.22 Å². The molecule has 0 fully saturated rings. The Hall–Kier alpha value is -1.63. The van der Waals surface area contributed by atoms with Crippen LogP contribution in [0.25, 0.3) is 0 Å². The Balaban J connectivity index is 2.27. The van der Waals surface area contributed by atoms with E-state index >= 15 is 0 Å². The van der Waals surface area contributed by atoms with Gasteiger partial charge in [0.2, 0.25) is 9.84 Å². The Bertz CT molecular complexity index is 486. The highest BCUT2D eigenvalue weighted by Crippen LogP contribution is 2.12. The third-order valence-corrected chi connectivity index (χ3v) is 3.03. The molecule has 2 rings (SSSR count). The second-order valence-corrected chi connectivity index (χ2v) is 4.53. The molecule has 2 heterocycles. The number of aromatic nitrogens is 3. The molecule has 6 nitrogen and oxygen atoms in total. The highest BCUT2D eigenvalue weighted by Gasteiger charge is 2.20. The molecule has 0 aromatic carbocycles. The quantitative estimate of drug-likeness (QED) is 0.795. The molecule has 0 aliphatic heterocycles. The fourth-order valence-electron chi connectivity index (χ4n) is 1.00. The summed E-state index contributed by atoms with van der Waals surface area (Å²) in [5.41, 5.74) is 0.572. The molecule has 0 aliphatic carbocycles. The number of rotatable bonds is 3. The first kappa shape index (κ1) is 8.95. The third-order valence-electron chi connectivity index (χ3n) is 1.59. The average molecular weight is 213 g/mol. The van der Waals surface area contributed by atoms with Crippen molar-refractivity contribution in [1.82, 2.24) is 15.2 Å². The van der Waals surface area contributed by atoms with E-state index in [0.29, 0.717) is 5.56 Å². The lowest BCUT2D eigenvalue weighted by Gasteiger charge is -1.95. The van der Waals surface area contributed by atoms with Crippen LogP contribution >= 0.6 is 0 Å². The molecule has 2 aromatic rings. The molecule has 0 saturated heterocycles. The summed E-state index contributed by atoms with van der Waals surface area (Å²) in [7, 11) is -3.48. The van der Waals surface area contributed by atoms with Gasteiger partial charge in [0.25, 0.3) is 0 Å². The predicted octanol–water partition coefficient (Wildman–Crippen LogP) is 0.372. The molecule has 0 spiro atoms. The molecule has 7 heteroatoms. The molecule has 0 bridgehead atoms. The van der Waals surface area contributed by atoms with Crippen LogP contribution in [0.15, 0.2) is 34.5 Å². The van der Waals surface area contributed by atoms with Crippen LogP contribution in [-0.2, 0) is 15.6 Å². The first-order valence-electron chi connectivity index (χ1n) is 3.78. The highest BCUT2D eigenvalue weighted by atomic mass is 32.2. The monoisotopic (exact) mass is 213 g/mol. The van der Waals surface area contributed by atoms with E-state index in [2.05, 4.69) is 15.2 Å². The molecule has 2 aromatic heterocycles. The van der Waals surface area contributed by atoms with Crippen molar-refractivity contribution in [2.24, 2.45) is 0 Å². The van der Waals surface area contributed by atoms with E-state index < -0.39 is 9.84 Å². The Morgan fingerprint density at radius 1 is 1.50 bits per heavy atom. The number of hydrogen-bond donors (Lipinski definition) is 1. The van der Waals surface area contributed by atoms with Crippen molar-refractivity contribution in [3.05, 3.63) is 30.4 Å². The van der Waals surface area contributed by atoms with Crippen LogP contribution in [0, 0.1) is 0 Å². The van der Waals surface area contributed by atoms with Crippen molar-refractivity contribution in [3.8, 4) is 0 Å². The van der Waals surface area contributed by atoms with Gasteiger partial charge in [-0.2, -0.15) is 5.10 Å². The summed E-state index contributed by atoms with van der Waals surface area (Å²) in [5.74, 6) is -0.163. The van der Waals surface area contributed by atoms with Crippen molar-refractivity contribution < 1.29 is 12.8 Å². The van der Waals surface area contributed by atoms with Crippen LogP contribution in [0.1, 0.15) is 5.56 Å². The Morgan fingerprint density at radius 2 is 2.36 bits per heavy atom. The molecule has 0 radical (unpaired) electrons. The molecular formula is C7H7N3O3S. The zero-order chi connectivity index (χ0) is 10.0. The SMILES string of the molecule is O=S(=O)(Cc1cn[nH]c1)c1ncco1. The maximum atomic E-state index is 11.6. The minimum absolute atomic E-state index is 0.163. The minimum atomic E-state index is -3.48. The number of nitrogens with one attached hydrogen (secondary N) is 1. The second-order valence-electron chi connectivity index (χ2n) is 2.66. The van der Waals surface area contributed by atoms with Crippen LogP contribution in [0.5, 0.6) is 0 Å². The number of H-pyrrole nitrogens is 1. The van der Waals surface area contributed by atoms with Crippen molar-refractivity contribution in [2.45, 2.75) is 11.0 Å². The largest absolute Gasteiger partial charge is 0.437 e. The molecule has 0 aliphatic rings. The van der Waals surface area contributed by atoms with E-state index in [0.717, 1.165) is 0 Å². The van der Waals surface area contributed by atoms with Gasteiger partial charge < -0.3 is 4.42 Å². The average Bonchev–Trinajstić information content (AvgIpc) is 2.71. The molecule has 14 heavy (non-hydrogen) atoms. The van der Waals surface area contributed by atoms with Gasteiger partial charge in [-0.1, -0.05) is 0 Å². The lowest BCUT2D eigenvalue weighted by Crippen LogP contribution is -2.04. The first-order valence-corrected chi connectivity index (χ1v) is 5.43. The van der Waals surface area contributed by atoms with E-state index in [4.69, 9.17) is 4.42 Å². The maximum absolute atomic E-state index is 11.6. The highest BCUT2D eigenvalue weighted by molar-refractivity contribution is 7.90. The normalized spacial score (nSPS) is 11.7. The van der Waals surface area contributed by atoms with Crippen molar-refractivity contribution in [1.29, 1.82) is 0 Å². The topological polar surface area (TPSA) is 88.9 Å². The van der Waals surface area contributed by atoms with E-state index in [-0.39, 0.29) is 11.0 Å². The summed E-state index contributed by atoms with van der Waals surface area (Å²) < 4.78 is 27.8. The summed E-state index contributed by atoms with van der Waals surface area (Å²) in [5, 5.41) is 5.91. The molecular weight excluding hydrogens is 206 g/mol. The lowest BCUT2D eigenvalue weighted by molar-refractivity contribution is 0.429. The smallest absolute Gasteiger partial charge is 0.315 e. The standard InChI is InChI=1S/C7H7N3O3S/c11-14(12,7-8-1-2-13-7)5-6-3-9-10-4-6/h1-4H,5H2,(H,9,10). The summed E-state index contributed by atoms with van der Waals surface area (Å²) in [6, 6.07) is 0. The second kappa shape index (κ2) is 3.26. The van der Waals surface area contributed by atoms with E-state index in [1.54, 1.807) is 0 Å². The van der Waals surface area contributed by atoms with Crippen LogP contribution in [0.3, 0.4) is 0 Å². The van der Waals surface area contributed by atoms with Crippen LogP contribution in [-0.4, -0.2) is 23.6 Å². The lowest BCUT2D eigenvalue weighted by atomic mass is 10.4. The molecule has 0 atom stereocenters. The maximum Gasteiger partial charge on any atom is 0.315 e. The summed E-state index contributed by atoms with van der Waals surface area (Å²) >= 11 is 0. The van der Waals surface area contributed by atoms with Crippen molar-refractivity contribution in [2.75, 3.05) is 0 Å². The van der Waals surface area contributed by atoms with Gasteiger partial charge in [0.05, 0.1) is 18.1 Å². The molecule has 1 N–H and O–H groups in total. The van der Waals surface area contributed by atoms with Crippen molar-refractivity contribution >= 4 is 9.84 Å². The molecule has 0 saturated carbocycles. The van der Waals surface area contributed by atoms with Crippen molar-refractivity contribution in [3.63, 3.8) is 0 Å². The number of hydrogen-bond acceptors (Lipinski definition) is 5. The molecule has 74 valence electrons. The number of nitrogens with zero attached hydrogens (tertiary/aromatic N) is 2. The summed E-state index contributed by atoms with van der Waals surface area (Å²) in [4.78, 5) is 3.58. The minimum Gasteiger partial charge on any atom is -0.437 e. The number of oxazole rings is 1. The zero-order valence-electron chi connectivity index (χ0n) is 7.04. The number of sulfone groups is 1.